The molecule has 11 aliphatic carbocycles. The van der Waals surface area contributed by atoms with Crippen LogP contribution in [-0.2, 0) is 0 Å². The highest BCUT2D eigenvalue weighted by Gasteiger charge is 2.49. The Morgan fingerprint density at radius 1 is 0.300 bits per heavy atom. The summed E-state index contributed by atoms with van der Waals surface area (Å²) in [6.45, 7) is 4.90. The van der Waals surface area contributed by atoms with Crippen molar-refractivity contribution in [3.05, 3.63) is 0 Å². The molecule has 11 saturated carbocycles. The quantitative estimate of drug-likeness (QED) is 0.280. The molecular weight excluding hydrogens is 480 g/mol. The first-order valence-corrected chi connectivity index (χ1v) is 19.6. The molecule has 0 heterocycles. The molecule has 11 rings (SSSR count). The largest absolute Gasteiger partial charge is 0.0594 e. The predicted octanol–water partition coefficient (Wildman–Crippen LogP) is 13.3. The van der Waals surface area contributed by atoms with Crippen molar-refractivity contribution in [3.63, 3.8) is 0 Å². The summed E-state index contributed by atoms with van der Waals surface area (Å²) in [4.78, 5) is 0. The van der Waals surface area contributed by atoms with E-state index in [0.717, 1.165) is 40.9 Å². The summed E-state index contributed by atoms with van der Waals surface area (Å²) in [5, 5.41) is 0. The van der Waals surface area contributed by atoms with Gasteiger partial charge in [-0.2, -0.15) is 0 Å². The summed E-state index contributed by atoms with van der Waals surface area (Å²) in [5.74, 6) is 9.15. The molecule has 0 N–H and O–H groups in total. The molecular formula is C40H72. The molecule has 0 aromatic rings. The maximum atomic E-state index is 2.45. The first-order chi connectivity index (χ1) is 19.6. The van der Waals surface area contributed by atoms with E-state index in [1.807, 2.05) is 0 Å². The lowest BCUT2D eigenvalue weighted by atomic mass is 9.49. The Morgan fingerprint density at radius 3 is 0.825 bits per heavy atom. The third kappa shape index (κ3) is 9.25. The van der Waals surface area contributed by atoms with Crippen LogP contribution in [0.25, 0.3) is 0 Å². The van der Waals surface area contributed by atoms with Gasteiger partial charge in [-0.1, -0.05) is 174 Å². The molecule has 0 nitrogen and oxygen atoms in total. The monoisotopic (exact) mass is 553 g/mol. The molecule has 0 amide bonds. The fourth-order valence-electron chi connectivity index (χ4n) is 11.1. The second-order valence-corrected chi connectivity index (χ2v) is 17.2. The molecule has 2 unspecified atom stereocenters. The van der Waals surface area contributed by atoms with E-state index in [0.29, 0.717) is 0 Å². The van der Waals surface area contributed by atoms with Gasteiger partial charge in [-0.25, -0.2) is 0 Å². The van der Waals surface area contributed by atoms with Gasteiger partial charge < -0.3 is 0 Å². The van der Waals surface area contributed by atoms with Gasteiger partial charge in [0, 0.05) is 0 Å². The fraction of sp³-hybridized carbons (Fsp3) is 1.00. The highest BCUT2D eigenvalue weighted by Crippen LogP contribution is 2.59. The van der Waals surface area contributed by atoms with Crippen LogP contribution in [0.4, 0.5) is 0 Å². The van der Waals surface area contributed by atoms with Crippen LogP contribution in [0.15, 0.2) is 0 Å². The number of rotatable bonds is 0. The molecule has 0 saturated heterocycles. The molecule has 6 bridgehead atoms. The molecule has 0 aromatic carbocycles. The molecule has 11 aliphatic rings. The zero-order chi connectivity index (χ0) is 27.6. The first-order valence-electron chi connectivity index (χ1n) is 19.6. The lowest BCUT2D eigenvalue weighted by Crippen LogP contribution is -2.47. The van der Waals surface area contributed by atoms with Crippen LogP contribution in [0.3, 0.4) is 0 Å². The molecule has 232 valence electrons. The van der Waals surface area contributed by atoms with E-state index in [1.165, 1.54) is 95.3 Å². The maximum absolute atomic E-state index is 2.45. The lowest BCUT2D eigenvalue weighted by molar-refractivity contribution is -0.0646. The Balaban J connectivity index is 0.000000102. The van der Waals surface area contributed by atoms with Gasteiger partial charge in [0.25, 0.3) is 0 Å². The van der Waals surface area contributed by atoms with Gasteiger partial charge in [-0.3, -0.25) is 0 Å². The van der Waals surface area contributed by atoms with Crippen molar-refractivity contribution < 1.29 is 0 Å². The van der Waals surface area contributed by atoms with Gasteiger partial charge in [0.1, 0.15) is 0 Å². The van der Waals surface area contributed by atoms with Crippen LogP contribution in [0.1, 0.15) is 200 Å². The van der Waals surface area contributed by atoms with Gasteiger partial charge in [0.15, 0.2) is 0 Å². The molecule has 0 spiro atoms. The van der Waals surface area contributed by atoms with Gasteiger partial charge in [-0.05, 0) is 78.4 Å². The van der Waals surface area contributed by atoms with Gasteiger partial charge in [0.05, 0.1) is 0 Å². The van der Waals surface area contributed by atoms with Crippen molar-refractivity contribution >= 4 is 0 Å². The van der Waals surface area contributed by atoms with Crippen LogP contribution >= 0.6 is 0 Å². The van der Waals surface area contributed by atoms with Gasteiger partial charge >= 0.3 is 0 Å². The normalized spacial score (nSPS) is 41.5. The van der Waals surface area contributed by atoms with Crippen LogP contribution in [-0.4, -0.2) is 0 Å². The molecule has 0 aliphatic heterocycles. The Kier molecular flexibility index (Phi) is 12.7. The first kappa shape index (κ1) is 31.4. The second kappa shape index (κ2) is 16.2. The Labute approximate surface area is 252 Å². The fourth-order valence-corrected chi connectivity index (χ4v) is 11.1. The summed E-state index contributed by atoms with van der Waals surface area (Å²) < 4.78 is 0. The van der Waals surface area contributed by atoms with Crippen LogP contribution in [0.5, 0.6) is 0 Å². The number of hydrogen-bond acceptors (Lipinski definition) is 0. The van der Waals surface area contributed by atoms with E-state index in [9.17, 15) is 0 Å². The van der Waals surface area contributed by atoms with Crippen molar-refractivity contribution in [2.75, 3.05) is 0 Å². The zero-order valence-electron chi connectivity index (χ0n) is 27.6. The van der Waals surface area contributed by atoms with Gasteiger partial charge in [-0.15, -0.1) is 0 Å². The minimum absolute atomic E-state index is 0.734. The molecule has 0 radical (unpaired) electrons. The highest BCUT2D eigenvalue weighted by atomic mass is 14.5. The van der Waals surface area contributed by atoms with E-state index in [4.69, 9.17) is 0 Å². The third-order valence-electron chi connectivity index (χ3n) is 14.3. The second-order valence-electron chi connectivity index (χ2n) is 17.2. The molecule has 0 heteroatoms. The SMILES string of the molecule is C1CC2CCC1C2.C1CC2CCC1CC2.C1CCC2CCCCC2C1.C1CCCCC1.CC1(C)C2CCCC1C2. The summed E-state index contributed by atoms with van der Waals surface area (Å²) in [7, 11) is 0. The minimum atomic E-state index is 0.734. The maximum Gasteiger partial charge on any atom is -0.0297 e. The van der Waals surface area contributed by atoms with E-state index in [1.54, 1.807) is 103 Å². The Morgan fingerprint density at radius 2 is 0.625 bits per heavy atom. The average Bonchev–Trinajstić information content (AvgIpc) is 3.71. The van der Waals surface area contributed by atoms with E-state index in [2.05, 4.69) is 13.8 Å². The summed E-state index contributed by atoms with van der Waals surface area (Å²) in [5.41, 5.74) is 0.734. The zero-order valence-corrected chi connectivity index (χ0v) is 27.6. The summed E-state index contributed by atoms with van der Waals surface area (Å²) in [6, 6.07) is 0. The Hall–Kier alpha value is 0. The average molecular weight is 553 g/mol. The molecule has 40 heavy (non-hydrogen) atoms. The number of hydrogen-bond donors (Lipinski definition) is 0. The van der Waals surface area contributed by atoms with Crippen LogP contribution in [0, 0.1) is 52.8 Å². The van der Waals surface area contributed by atoms with E-state index < -0.39 is 0 Å². The van der Waals surface area contributed by atoms with Crippen molar-refractivity contribution in [1.82, 2.24) is 0 Å². The van der Waals surface area contributed by atoms with Crippen LogP contribution < -0.4 is 0 Å². The standard InChI is InChI=1S/C10H18.C9H16.C8H14.C7H12.C6H12/c1-2-6-10-8-4-3-7-9(10)5-1;1-9(2)7-4-3-5-8(9)6-7;1-2-8-5-3-7(1)4-6-8;1-2-7-4-3-6(1)5-7;1-2-4-6-5-3-1/h9-10H,1-8H2;7-8H,3-6H2,1-2H3;7-8H,1-6H2;6-7H,1-5H2;1-6H2. The molecule has 2 atom stereocenters. The van der Waals surface area contributed by atoms with Crippen molar-refractivity contribution in [3.8, 4) is 0 Å². The van der Waals surface area contributed by atoms with Crippen LogP contribution in [0.2, 0.25) is 0 Å². The minimum Gasteiger partial charge on any atom is -0.0594 e. The predicted molar refractivity (Wildman–Crippen MR) is 176 cm³/mol. The summed E-state index contributed by atoms with van der Waals surface area (Å²) in [6.07, 6.45) is 44.6. The van der Waals surface area contributed by atoms with Gasteiger partial charge in [0.2, 0.25) is 0 Å². The topological polar surface area (TPSA) is 0 Å². The Bertz CT molecular complexity index is 584. The van der Waals surface area contributed by atoms with Crippen molar-refractivity contribution in [1.29, 1.82) is 0 Å². The van der Waals surface area contributed by atoms with Crippen molar-refractivity contribution in [2.45, 2.75) is 200 Å². The molecule has 11 fully saturated rings. The number of fused-ring (bicyclic) bond motifs is 8. The smallest absolute Gasteiger partial charge is 0.0297 e. The third-order valence-corrected chi connectivity index (χ3v) is 14.3. The van der Waals surface area contributed by atoms with Crippen molar-refractivity contribution in [2.24, 2.45) is 52.8 Å². The highest BCUT2D eigenvalue weighted by molar-refractivity contribution is 4.99. The summed E-state index contributed by atoms with van der Waals surface area (Å²) >= 11 is 0. The molecule has 0 aromatic heterocycles. The lowest BCUT2D eigenvalue weighted by Gasteiger charge is -2.56. The van der Waals surface area contributed by atoms with E-state index >= 15 is 0 Å². The van der Waals surface area contributed by atoms with E-state index in [-0.39, 0.29) is 0 Å².